The van der Waals surface area contributed by atoms with Crippen LogP contribution < -0.4 is 10.2 Å². The van der Waals surface area contributed by atoms with Crippen molar-refractivity contribution in [2.75, 3.05) is 11.4 Å². The van der Waals surface area contributed by atoms with Crippen LogP contribution in [0.25, 0.3) is 98.2 Å². The average molecular weight is 831 g/mol. The Kier molecular flexibility index (Phi) is 7.42. The first-order chi connectivity index (χ1) is 31.2. The molecule has 12 aromatic rings. The fraction of sp³-hybridized carbons (Fsp3) is 0.0741. The second kappa shape index (κ2) is 13.4. The number of thiazole rings is 1. The molecule has 5 aromatic heterocycles. The van der Waals surface area contributed by atoms with E-state index in [-0.39, 0.29) is 6.04 Å². The average Bonchev–Trinajstić information content (AvgIpc) is 4.20. The summed E-state index contributed by atoms with van der Waals surface area (Å²) in [7, 11) is 0. The number of benzene rings is 7. The van der Waals surface area contributed by atoms with Gasteiger partial charge >= 0.3 is 0 Å². The molecule has 9 heteroatoms. The number of aromatic nitrogens is 6. The van der Waals surface area contributed by atoms with Gasteiger partial charge in [-0.25, -0.2) is 4.98 Å². The van der Waals surface area contributed by atoms with Gasteiger partial charge in [0.2, 0.25) is 0 Å². The highest BCUT2D eigenvalue weighted by molar-refractivity contribution is 7.21. The van der Waals surface area contributed by atoms with Crippen LogP contribution in [0, 0.1) is 0 Å². The van der Waals surface area contributed by atoms with Crippen LogP contribution in [0.3, 0.4) is 0 Å². The molecule has 0 saturated heterocycles. The van der Waals surface area contributed by atoms with Crippen LogP contribution in [-0.2, 0) is 13.0 Å². The van der Waals surface area contributed by atoms with Crippen LogP contribution in [0.4, 0.5) is 11.4 Å². The maximum atomic E-state index is 5.38. The van der Waals surface area contributed by atoms with Crippen molar-refractivity contribution < 1.29 is 0 Å². The largest absolute Gasteiger partial charge is 0.360 e. The van der Waals surface area contributed by atoms with Gasteiger partial charge in [-0.05, 0) is 64.9 Å². The topological polar surface area (TPSA) is 104 Å². The quantitative estimate of drug-likeness (QED) is 0.115. The van der Waals surface area contributed by atoms with Crippen LogP contribution in [-0.4, -0.2) is 36.7 Å². The number of aromatic amines is 4. The third-order valence-electron chi connectivity index (χ3n) is 13.4. The fourth-order valence-corrected chi connectivity index (χ4v) is 11.7. The van der Waals surface area contributed by atoms with Crippen LogP contribution in [0.2, 0.25) is 0 Å². The molecule has 14 rings (SSSR count). The molecule has 1 atom stereocenters. The number of hydrogen-bond acceptors (Lipinski definition) is 5. The van der Waals surface area contributed by atoms with Crippen molar-refractivity contribution in [3.05, 3.63) is 180 Å². The molecule has 0 aliphatic carbocycles. The monoisotopic (exact) mass is 830 g/mol. The minimum atomic E-state index is -0.147. The summed E-state index contributed by atoms with van der Waals surface area (Å²) in [5.41, 5.74) is 18.9. The van der Waals surface area contributed by atoms with Crippen LogP contribution in [0.15, 0.2) is 158 Å². The summed E-state index contributed by atoms with van der Waals surface area (Å²) < 4.78 is 1.14. The van der Waals surface area contributed by atoms with Crippen molar-refractivity contribution in [3.63, 3.8) is 0 Å². The first-order valence-corrected chi connectivity index (χ1v) is 22.4. The molecule has 0 spiro atoms. The molecular weight excluding hydrogens is 793 g/mol. The zero-order valence-electron chi connectivity index (χ0n) is 34.0. The summed E-state index contributed by atoms with van der Waals surface area (Å²) in [6, 6.07) is 54.3. The molecule has 1 unspecified atom stereocenters. The van der Waals surface area contributed by atoms with Crippen LogP contribution in [0.5, 0.6) is 0 Å². The Balaban J connectivity index is 1.25. The molecule has 300 valence electrons. The maximum Gasteiger partial charge on any atom is 0.141 e. The summed E-state index contributed by atoms with van der Waals surface area (Å²) in [6.07, 6.45) is 3.10. The Morgan fingerprint density at radius 2 is 1.41 bits per heavy atom. The minimum absolute atomic E-state index is 0.147. The molecular formula is C54H38N8S. The molecule has 0 saturated carbocycles. The van der Waals surface area contributed by atoms with Gasteiger partial charge in [-0.15, -0.1) is 11.3 Å². The van der Waals surface area contributed by atoms with Gasteiger partial charge in [0.25, 0.3) is 0 Å². The van der Waals surface area contributed by atoms with E-state index in [9.17, 15) is 0 Å². The molecule has 0 amide bonds. The highest BCUT2D eigenvalue weighted by atomic mass is 32.1. The molecule has 7 aromatic carbocycles. The first-order valence-electron chi connectivity index (χ1n) is 21.6. The predicted octanol–water partition coefficient (Wildman–Crippen LogP) is 13.2. The van der Waals surface area contributed by atoms with Crippen molar-refractivity contribution in [1.82, 2.24) is 35.5 Å². The molecule has 0 radical (unpaired) electrons. The Labute approximate surface area is 365 Å². The van der Waals surface area contributed by atoms with Gasteiger partial charge in [-0.3, -0.25) is 5.10 Å². The highest BCUT2D eigenvalue weighted by Gasteiger charge is 2.39. The Hall–Kier alpha value is -7.72. The minimum Gasteiger partial charge on any atom is -0.360 e. The molecule has 2 aliphatic rings. The fourth-order valence-electron chi connectivity index (χ4n) is 10.7. The van der Waals surface area contributed by atoms with E-state index in [1.54, 1.807) is 11.3 Å². The van der Waals surface area contributed by atoms with E-state index >= 15 is 0 Å². The Bertz CT molecular complexity index is 3740. The Morgan fingerprint density at radius 1 is 0.651 bits per heavy atom. The van der Waals surface area contributed by atoms with Gasteiger partial charge in [0, 0.05) is 80.0 Å². The van der Waals surface area contributed by atoms with Crippen LogP contribution in [0.1, 0.15) is 28.3 Å². The molecule has 5 N–H and O–H groups in total. The van der Waals surface area contributed by atoms with Gasteiger partial charge in [0.05, 0.1) is 44.4 Å². The van der Waals surface area contributed by atoms with Crippen molar-refractivity contribution in [1.29, 1.82) is 0 Å². The van der Waals surface area contributed by atoms with Crippen molar-refractivity contribution >= 4 is 76.4 Å². The van der Waals surface area contributed by atoms with Crippen molar-refractivity contribution in [2.24, 2.45) is 0 Å². The zero-order valence-corrected chi connectivity index (χ0v) is 34.8. The van der Waals surface area contributed by atoms with E-state index < -0.39 is 0 Å². The smallest absolute Gasteiger partial charge is 0.141 e. The molecule has 0 fully saturated rings. The van der Waals surface area contributed by atoms with Gasteiger partial charge < -0.3 is 25.2 Å². The van der Waals surface area contributed by atoms with E-state index in [4.69, 9.17) is 10.1 Å². The van der Waals surface area contributed by atoms with Crippen molar-refractivity contribution in [2.45, 2.75) is 19.0 Å². The number of hydrogen-bond donors (Lipinski definition) is 5. The lowest BCUT2D eigenvalue weighted by atomic mass is 9.84. The number of H-pyrrole nitrogens is 4. The number of nitrogens with zero attached hydrogens (tertiary/aromatic N) is 3. The SMILES string of the molecule is c1ccc2c(c1)CNC2c1c(N2CCc3ccccc32)c(-c2[nH]cc3ccccc23)c(-c2cc3ccccc3[nH]2)c2[nH]c(-c3nc4ccccc4s3)c(-c3n[nH]c4ccccc34)c12. The molecule has 2 aliphatic heterocycles. The van der Waals surface area contributed by atoms with Gasteiger partial charge in [-0.1, -0.05) is 115 Å². The number of fused-ring (bicyclic) bond motifs is 7. The molecule has 0 bridgehead atoms. The normalized spacial score (nSPS) is 14.9. The van der Waals surface area contributed by atoms with E-state index in [1.165, 1.54) is 44.4 Å². The number of para-hydroxylation sites is 4. The van der Waals surface area contributed by atoms with E-state index in [2.05, 4.69) is 188 Å². The second-order valence-corrected chi connectivity index (χ2v) is 17.8. The van der Waals surface area contributed by atoms with E-state index in [0.717, 1.165) is 107 Å². The van der Waals surface area contributed by atoms with E-state index in [1.807, 2.05) is 0 Å². The lowest BCUT2D eigenvalue weighted by Crippen LogP contribution is -2.22. The standard InChI is InChI=1S/C54H38N8S/c1-5-17-34-32(15-1)28-55-48(34)46-43(40-27-31-14-3-8-20-37(31)57-40)51-44(47(49-35-18-6-2-16-33(35)29-56-49)53(46)62-26-25-30-13-4-11-23-41(30)62)45(50-36-19-7-9-21-38(36)60-61-50)52(59-51)54-58-39-22-10-12-24-42(39)63-54/h1-24,27-28,49,55-57,59H,25-26,29H2,(H,60,61). The summed E-state index contributed by atoms with van der Waals surface area (Å²) >= 11 is 1.72. The van der Waals surface area contributed by atoms with Gasteiger partial charge in [0.15, 0.2) is 0 Å². The predicted molar refractivity (Wildman–Crippen MR) is 259 cm³/mol. The summed E-state index contributed by atoms with van der Waals surface area (Å²) in [5.74, 6) is 0. The summed E-state index contributed by atoms with van der Waals surface area (Å²) in [5, 5.41) is 19.4. The number of nitrogens with one attached hydrogen (secondary N) is 5. The second-order valence-electron chi connectivity index (χ2n) is 16.8. The first kappa shape index (κ1) is 34.9. The maximum absolute atomic E-state index is 5.38. The van der Waals surface area contributed by atoms with E-state index in [0.29, 0.717) is 0 Å². The number of rotatable bonds is 6. The Morgan fingerprint density at radius 3 is 2.32 bits per heavy atom. The third kappa shape index (κ3) is 5.12. The lowest BCUT2D eigenvalue weighted by Gasteiger charge is -2.31. The lowest BCUT2D eigenvalue weighted by molar-refractivity contribution is 0.670. The van der Waals surface area contributed by atoms with Gasteiger partial charge in [-0.2, -0.15) is 5.10 Å². The zero-order chi connectivity index (χ0) is 41.2. The summed E-state index contributed by atoms with van der Waals surface area (Å²) in [6.45, 7) is 1.60. The van der Waals surface area contributed by atoms with Crippen LogP contribution >= 0.6 is 11.3 Å². The molecule has 63 heavy (non-hydrogen) atoms. The summed E-state index contributed by atoms with van der Waals surface area (Å²) in [4.78, 5) is 20.0. The molecule has 8 nitrogen and oxygen atoms in total. The highest BCUT2D eigenvalue weighted by Crippen LogP contribution is 2.58. The van der Waals surface area contributed by atoms with Gasteiger partial charge in [0.1, 0.15) is 10.7 Å². The van der Waals surface area contributed by atoms with Crippen molar-refractivity contribution in [3.8, 4) is 44.5 Å². The number of anilines is 2. The molecule has 7 heterocycles. The third-order valence-corrected chi connectivity index (χ3v) is 14.5.